The molecule has 0 aliphatic carbocycles. The van der Waals surface area contributed by atoms with Crippen molar-refractivity contribution in [3.63, 3.8) is 0 Å². The molecule has 0 fully saturated rings. The Morgan fingerprint density at radius 3 is 2.39 bits per heavy atom. The second kappa shape index (κ2) is 6.17. The van der Waals surface area contributed by atoms with E-state index in [-0.39, 0.29) is 0 Å². The lowest BCUT2D eigenvalue weighted by atomic mass is 10.1. The Morgan fingerprint density at radius 1 is 1.00 bits per heavy atom. The first-order valence-corrected chi connectivity index (χ1v) is 6.35. The molecule has 0 unspecified atom stereocenters. The van der Waals surface area contributed by atoms with Crippen molar-refractivity contribution in [2.24, 2.45) is 5.73 Å². The highest BCUT2D eigenvalue weighted by Crippen LogP contribution is 2.14. The Labute approximate surface area is 113 Å². The highest BCUT2D eigenvalue weighted by molar-refractivity contribution is 7.80. The summed E-state index contributed by atoms with van der Waals surface area (Å²) in [6.07, 6.45) is 0.979. The van der Waals surface area contributed by atoms with Gasteiger partial charge in [0.2, 0.25) is 0 Å². The van der Waals surface area contributed by atoms with Crippen molar-refractivity contribution < 1.29 is 0 Å². The summed E-state index contributed by atoms with van der Waals surface area (Å²) < 4.78 is 0. The molecule has 0 aliphatic rings. The Morgan fingerprint density at radius 2 is 1.67 bits per heavy atom. The first kappa shape index (κ1) is 12.6. The van der Waals surface area contributed by atoms with Gasteiger partial charge in [0.25, 0.3) is 0 Å². The van der Waals surface area contributed by atoms with Gasteiger partial charge in [-0.25, -0.2) is 0 Å². The summed E-state index contributed by atoms with van der Waals surface area (Å²) in [4.78, 5) is 0.429. The van der Waals surface area contributed by atoms with Crippen molar-refractivity contribution in [1.29, 1.82) is 0 Å². The molecule has 0 aromatic heterocycles. The fourth-order valence-electron chi connectivity index (χ4n) is 1.84. The standard InChI is InChI=1S/C15H16N2S/c16-15(18)13-8-4-5-9-14(13)17-11-10-12-6-2-1-3-7-12/h1-9,17H,10-11H2,(H2,16,18). The molecule has 0 saturated heterocycles. The minimum atomic E-state index is 0.429. The van der Waals surface area contributed by atoms with Gasteiger partial charge in [0.1, 0.15) is 4.99 Å². The second-order valence-corrected chi connectivity index (χ2v) is 4.51. The van der Waals surface area contributed by atoms with Crippen LogP contribution in [0.25, 0.3) is 0 Å². The van der Waals surface area contributed by atoms with Crippen LogP contribution in [0, 0.1) is 0 Å². The number of benzene rings is 2. The lowest BCUT2D eigenvalue weighted by Gasteiger charge is -2.10. The summed E-state index contributed by atoms with van der Waals surface area (Å²) in [5, 5.41) is 3.38. The van der Waals surface area contributed by atoms with E-state index in [1.54, 1.807) is 0 Å². The number of nitrogens with two attached hydrogens (primary N) is 1. The van der Waals surface area contributed by atoms with E-state index in [9.17, 15) is 0 Å². The van der Waals surface area contributed by atoms with Gasteiger partial charge in [-0.05, 0) is 24.1 Å². The molecule has 0 spiro atoms. The number of thiocarbonyl (C=S) groups is 1. The lowest BCUT2D eigenvalue weighted by Crippen LogP contribution is -2.14. The van der Waals surface area contributed by atoms with E-state index in [2.05, 4.69) is 29.6 Å². The zero-order valence-electron chi connectivity index (χ0n) is 10.1. The van der Waals surface area contributed by atoms with Gasteiger partial charge in [0.05, 0.1) is 0 Å². The molecule has 0 radical (unpaired) electrons. The van der Waals surface area contributed by atoms with Crippen molar-refractivity contribution in [2.45, 2.75) is 6.42 Å². The van der Waals surface area contributed by atoms with Gasteiger partial charge in [-0.3, -0.25) is 0 Å². The summed E-state index contributed by atoms with van der Waals surface area (Å²) in [6, 6.07) is 18.2. The number of nitrogens with one attached hydrogen (secondary N) is 1. The largest absolute Gasteiger partial charge is 0.389 e. The molecule has 3 N–H and O–H groups in total. The van der Waals surface area contributed by atoms with Crippen LogP contribution in [0.15, 0.2) is 54.6 Å². The van der Waals surface area contributed by atoms with Gasteiger partial charge >= 0.3 is 0 Å². The molecule has 0 amide bonds. The van der Waals surface area contributed by atoms with Crippen molar-refractivity contribution >= 4 is 22.9 Å². The van der Waals surface area contributed by atoms with E-state index in [4.69, 9.17) is 18.0 Å². The van der Waals surface area contributed by atoms with Crippen molar-refractivity contribution in [3.8, 4) is 0 Å². The van der Waals surface area contributed by atoms with Crippen LogP contribution in [0.3, 0.4) is 0 Å². The van der Waals surface area contributed by atoms with Crippen molar-refractivity contribution in [2.75, 3.05) is 11.9 Å². The fourth-order valence-corrected chi connectivity index (χ4v) is 2.02. The van der Waals surface area contributed by atoms with Crippen LogP contribution in [0.5, 0.6) is 0 Å². The molecular formula is C15H16N2S. The van der Waals surface area contributed by atoms with Crippen LogP contribution in [-0.4, -0.2) is 11.5 Å². The summed E-state index contributed by atoms with van der Waals surface area (Å²) >= 11 is 5.03. The first-order valence-electron chi connectivity index (χ1n) is 5.94. The third-order valence-electron chi connectivity index (χ3n) is 2.76. The summed E-state index contributed by atoms with van der Waals surface area (Å²) in [5.74, 6) is 0. The fraction of sp³-hybridized carbons (Fsp3) is 0.133. The summed E-state index contributed by atoms with van der Waals surface area (Å²) in [6.45, 7) is 0.865. The number of rotatable bonds is 5. The van der Waals surface area contributed by atoms with Gasteiger partial charge in [0, 0.05) is 17.8 Å². The molecule has 2 aromatic carbocycles. The van der Waals surface area contributed by atoms with Gasteiger partial charge in [-0.1, -0.05) is 54.7 Å². The maximum Gasteiger partial charge on any atom is 0.106 e. The Bertz CT molecular complexity index is 523. The van der Waals surface area contributed by atoms with E-state index in [1.165, 1.54) is 5.56 Å². The molecule has 0 bridgehead atoms. The maximum absolute atomic E-state index is 5.69. The molecule has 18 heavy (non-hydrogen) atoms. The highest BCUT2D eigenvalue weighted by atomic mass is 32.1. The molecule has 92 valence electrons. The summed E-state index contributed by atoms with van der Waals surface area (Å²) in [7, 11) is 0. The Balaban J connectivity index is 1.97. The molecule has 3 heteroatoms. The van der Waals surface area contributed by atoms with E-state index >= 15 is 0 Å². The minimum Gasteiger partial charge on any atom is -0.389 e. The number of para-hydroxylation sites is 1. The van der Waals surface area contributed by atoms with Crippen LogP contribution in [0.1, 0.15) is 11.1 Å². The lowest BCUT2D eigenvalue weighted by molar-refractivity contribution is 1.02. The van der Waals surface area contributed by atoms with E-state index < -0.39 is 0 Å². The molecule has 0 heterocycles. The predicted octanol–water partition coefficient (Wildman–Crippen LogP) is 2.98. The molecule has 0 saturated carbocycles. The van der Waals surface area contributed by atoms with E-state index in [1.807, 2.05) is 30.3 Å². The maximum atomic E-state index is 5.69. The summed E-state index contributed by atoms with van der Waals surface area (Å²) in [5.41, 5.74) is 8.91. The van der Waals surface area contributed by atoms with Crippen LogP contribution in [-0.2, 0) is 6.42 Å². The van der Waals surface area contributed by atoms with Crippen molar-refractivity contribution in [3.05, 3.63) is 65.7 Å². The minimum absolute atomic E-state index is 0.429. The van der Waals surface area contributed by atoms with Gasteiger partial charge < -0.3 is 11.1 Å². The monoisotopic (exact) mass is 256 g/mol. The van der Waals surface area contributed by atoms with Gasteiger partial charge in [-0.2, -0.15) is 0 Å². The predicted molar refractivity (Wildman–Crippen MR) is 81.0 cm³/mol. The number of hydrogen-bond acceptors (Lipinski definition) is 2. The van der Waals surface area contributed by atoms with E-state index in [0.29, 0.717) is 4.99 Å². The normalized spacial score (nSPS) is 10.0. The van der Waals surface area contributed by atoms with Gasteiger partial charge in [-0.15, -0.1) is 0 Å². The molecule has 2 rings (SSSR count). The Hall–Kier alpha value is -1.87. The molecular weight excluding hydrogens is 240 g/mol. The van der Waals surface area contributed by atoms with Crippen molar-refractivity contribution in [1.82, 2.24) is 0 Å². The second-order valence-electron chi connectivity index (χ2n) is 4.07. The molecule has 2 aromatic rings. The quantitative estimate of drug-likeness (QED) is 0.808. The highest BCUT2D eigenvalue weighted by Gasteiger charge is 2.02. The number of hydrogen-bond donors (Lipinski definition) is 2. The zero-order chi connectivity index (χ0) is 12.8. The number of anilines is 1. The smallest absolute Gasteiger partial charge is 0.106 e. The average molecular weight is 256 g/mol. The van der Waals surface area contributed by atoms with Crippen LogP contribution in [0.2, 0.25) is 0 Å². The molecule has 0 atom stereocenters. The molecule has 2 nitrogen and oxygen atoms in total. The SMILES string of the molecule is NC(=S)c1ccccc1NCCc1ccccc1. The topological polar surface area (TPSA) is 38.0 Å². The zero-order valence-corrected chi connectivity index (χ0v) is 10.9. The van der Waals surface area contributed by atoms with E-state index in [0.717, 1.165) is 24.2 Å². The third kappa shape index (κ3) is 3.31. The van der Waals surface area contributed by atoms with Crippen LogP contribution in [0.4, 0.5) is 5.69 Å². The van der Waals surface area contributed by atoms with Gasteiger partial charge in [0.15, 0.2) is 0 Å². The Kier molecular flexibility index (Phi) is 4.31. The third-order valence-corrected chi connectivity index (χ3v) is 2.98. The first-order chi connectivity index (χ1) is 8.77. The van der Waals surface area contributed by atoms with Crippen LogP contribution >= 0.6 is 12.2 Å². The van der Waals surface area contributed by atoms with Crippen LogP contribution < -0.4 is 11.1 Å². The molecule has 0 aliphatic heterocycles. The average Bonchev–Trinajstić information content (AvgIpc) is 2.40.